The van der Waals surface area contributed by atoms with Gasteiger partial charge in [0.25, 0.3) is 0 Å². The van der Waals surface area contributed by atoms with Gasteiger partial charge in [-0.1, -0.05) is 45.0 Å². The van der Waals surface area contributed by atoms with Gasteiger partial charge in [0.05, 0.1) is 5.75 Å². The molecule has 2 fully saturated rings. The minimum Gasteiger partial charge on any atom is -0.354 e. The SMILES string of the molecule is CCCS(=O)(=O)N1CCC(NC(=NC)NC2CC2c2ccc(C(C)C)cc2)CC1. The maximum atomic E-state index is 12.2. The Hall–Kier alpha value is -1.60. The largest absolute Gasteiger partial charge is 0.354 e. The van der Waals surface area contributed by atoms with Crippen LogP contribution in [0.3, 0.4) is 0 Å². The molecule has 1 aliphatic heterocycles. The second-order valence-corrected chi connectivity index (χ2v) is 10.7. The van der Waals surface area contributed by atoms with Gasteiger partial charge in [-0.05, 0) is 42.7 Å². The fourth-order valence-electron chi connectivity index (χ4n) is 4.06. The molecule has 0 bridgehead atoms. The topological polar surface area (TPSA) is 73.8 Å². The molecule has 29 heavy (non-hydrogen) atoms. The number of nitrogens with one attached hydrogen (secondary N) is 2. The Morgan fingerprint density at radius 2 is 1.83 bits per heavy atom. The van der Waals surface area contributed by atoms with E-state index in [0.29, 0.717) is 37.4 Å². The summed E-state index contributed by atoms with van der Waals surface area (Å²) < 4.78 is 26.1. The van der Waals surface area contributed by atoms with Crippen molar-refractivity contribution < 1.29 is 8.42 Å². The second kappa shape index (κ2) is 9.47. The number of benzene rings is 1. The lowest BCUT2D eigenvalue weighted by molar-refractivity contribution is 0.306. The highest BCUT2D eigenvalue weighted by Crippen LogP contribution is 2.41. The lowest BCUT2D eigenvalue weighted by atomic mass is 10.0. The van der Waals surface area contributed by atoms with Crippen LogP contribution in [0.1, 0.15) is 69.4 Å². The van der Waals surface area contributed by atoms with Crippen molar-refractivity contribution in [1.82, 2.24) is 14.9 Å². The summed E-state index contributed by atoms with van der Waals surface area (Å²) in [4.78, 5) is 4.39. The Morgan fingerprint density at radius 3 is 2.38 bits per heavy atom. The van der Waals surface area contributed by atoms with E-state index in [4.69, 9.17) is 0 Å². The molecular formula is C22H36N4O2S. The molecule has 1 aliphatic carbocycles. The number of aliphatic imine (C=N–C) groups is 1. The number of hydrogen-bond donors (Lipinski definition) is 2. The van der Waals surface area contributed by atoms with Gasteiger partial charge < -0.3 is 10.6 Å². The zero-order valence-electron chi connectivity index (χ0n) is 18.2. The van der Waals surface area contributed by atoms with E-state index >= 15 is 0 Å². The van der Waals surface area contributed by atoms with Gasteiger partial charge in [-0.2, -0.15) is 0 Å². The molecule has 162 valence electrons. The van der Waals surface area contributed by atoms with Crippen LogP contribution in [0.5, 0.6) is 0 Å². The molecule has 0 aromatic heterocycles. The smallest absolute Gasteiger partial charge is 0.214 e. The van der Waals surface area contributed by atoms with Crippen LogP contribution in [0, 0.1) is 0 Å². The lowest BCUT2D eigenvalue weighted by Gasteiger charge is -2.32. The average Bonchev–Trinajstić information content (AvgIpc) is 3.47. The van der Waals surface area contributed by atoms with E-state index in [0.717, 1.165) is 25.2 Å². The van der Waals surface area contributed by atoms with Crippen LogP contribution >= 0.6 is 0 Å². The summed E-state index contributed by atoms with van der Waals surface area (Å²) in [7, 11) is -1.29. The Morgan fingerprint density at radius 1 is 1.17 bits per heavy atom. The number of sulfonamides is 1. The van der Waals surface area contributed by atoms with Crippen molar-refractivity contribution in [2.24, 2.45) is 4.99 Å². The molecule has 0 spiro atoms. The summed E-state index contributed by atoms with van der Waals surface area (Å²) >= 11 is 0. The van der Waals surface area contributed by atoms with Crippen molar-refractivity contribution in [1.29, 1.82) is 0 Å². The van der Waals surface area contributed by atoms with Gasteiger partial charge in [-0.15, -0.1) is 0 Å². The molecule has 2 aliphatic rings. The van der Waals surface area contributed by atoms with Gasteiger partial charge in [-0.3, -0.25) is 4.99 Å². The fourth-order valence-corrected chi connectivity index (χ4v) is 5.60. The second-order valence-electron chi connectivity index (χ2n) is 8.62. The first-order valence-electron chi connectivity index (χ1n) is 10.9. The summed E-state index contributed by atoms with van der Waals surface area (Å²) in [5.74, 6) is 2.17. The van der Waals surface area contributed by atoms with Gasteiger partial charge >= 0.3 is 0 Å². The Labute approximate surface area is 176 Å². The van der Waals surface area contributed by atoms with Gasteiger partial charge in [0.1, 0.15) is 0 Å². The van der Waals surface area contributed by atoms with Gasteiger partial charge in [0.2, 0.25) is 10.0 Å². The molecule has 1 saturated heterocycles. The van der Waals surface area contributed by atoms with Crippen LogP contribution in [0.2, 0.25) is 0 Å². The quantitative estimate of drug-likeness (QED) is 0.525. The summed E-state index contributed by atoms with van der Waals surface area (Å²) in [6.07, 6.45) is 3.41. The molecule has 0 amide bonds. The average molecular weight is 421 g/mol. The third-order valence-corrected chi connectivity index (χ3v) is 8.09. The maximum Gasteiger partial charge on any atom is 0.214 e. The highest BCUT2D eigenvalue weighted by atomic mass is 32.2. The molecule has 0 radical (unpaired) electrons. The molecule has 1 saturated carbocycles. The lowest BCUT2D eigenvalue weighted by Crippen LogP contribution is -2.50. The van der Waals surface area contributed by atoms with Crippen molar-refractivity contribution in [3.05, 3.63) is 35.4 Å². The normalized spacial score (nSPS) is 24.0. The Bertz CT molecular complexity index is 797. The molecule has 1 heterocycles. The Balaban J connectivity index is 1.46. The van der Waals surface area contributed by atoms with E-state index in [1.807, 2.05) is 6.92 Å². The molecule has 2 atom stereocenters. The molecule has 1 aromatic rings. The highest BCUT2D eigenvalue weighted by Gasteiger charge is 2.39. The van der Waals surface area contributed by atoms with E-state index in [2.05, 4.69) is 53.7 Å². The maximum absolute atomic E-state index is 12.2. The first-order valence-corrected chi connectivity index (χ1v) is 12.5. The number of hydrogen-bond acceptors (Lipinski definition) is 3. The standard InChI is InChI=1S/C22H36N4O2S/c1-5-14-29(27,28)26-12-10-19(11-13-26)24-22(23-4)25-21-15-20(21)18-8-6-17(7-9-18)16(2)3/h6-9,16,19-21H,5,10-15H2,1-4H3,(H2,23,24,25). The van der Waals surface area contributed by atoms with Crippen LogP contribution in [-0.2, 0) is 10.0 Å². The molecule has 3 rings (SSSR count). The molecule has 2 unspecified atom stereocenters. The number of rotatable bonds is 7. The fraction of sp³-hybridized carbons (Fsp3) is 0.682. The van der Waals surface area contributed by atoms with Crippen molar-refractivity contribution >= 4 is 16.0 Å². The van der Waals surface area contributed by atoms with Gasteiger partial charge in [0, 0.05) is 38.1 Å². The number of piperidine rings is 1. The van der Waals surface area contributed by atoms with E-state index in [1.165, 1.54) is 11.1 Å². The summed E-state index contributed by atoms with van der Waals surface area (Å²) in [5.41, 5.74) is 2.76. The monoisotopic (exact) mass is 420 g/mol. The summed E-state index contributed by atoms with van der Waals surface area (Å²) in [5, 5.41) is 7.04. The summed E-state index contributed by atoms with van der Waals surface area (Å²) in [6, 6.07) is 9.66. The van der Waals surface area contributed by atoms with Gasteiger partial charge in [-0.25, -0.2) is 12.7 Å². The zero-order chi connectivity index (χ0) is 21.0. The van der Waals surface area contributed by atoms with Crippen LogP contribution < -0.4 is 10.6 Å². The van der Waals surface area contributed by atoms with E-state index in [9.17, 15) is 8.42 Å². The van der Waals surface area contributed by atoms with Crippen LogP contribution in [0.4, 0.5) is 0 Å². The minimum atomic E-state index is -3.09. The molecule has 7 heteroatoms. The number of guanidine groups is 1. The zero-order valence-corrected chi connectivity index (χ0v) is 19.0. The van der Waals surface area contributed by atoms with Crippen LogP contribution in [0.25, 0.3) is 0 Å². The first kappa shape index (κ1) is 22.1. The molecule has 6 nitrogen and oxygen atoms in total. The van der Waals surface area contributed by atoms with Crippen molar-refractivity contribution in [3.63, 3.8) is 0 Å². The Kier molecular flexibility index (Phi) is 7.22. The third-order valence-electron chi connectivity index (χ3n) is 6.02. The van der Waals surface area contributed by atoms with Gasteiger partial charge in [0.15, 0.2) is 5.96 Å². The first-order chi connectivity index (χ1) is 13.8. The van der Waals surface area contributed by atoms with Crippen molar-refractivity contribution in [2.75, 3.05) is 25.9 Å². The molecule has 2 N–H and O–H groups in total. The van der Waals surface area contributed by atoms with E-state index < -0.39 is 10.0 Å². The van der Waals surface area contributed by atoms with Crippen LogP contribution in [0.15, 0.2) is 29.3 Å². The molecular weight excluding hydrogens is 384 g/mol. The van der Waals surface area contributed by atoms with Crippen LogP contribution in [-0.4, -0.2) is 56.7 Å². The minimum absolute atomic E-state index is 0.246. The van der Waals surface area contributed by atoms with E-state index in [-0.39, 0.29) is 11.8 Å². The third kappa shape index (κ3) is 5.72. The predicted octanol–water partition coefficient (Wildman–Crippen LogP) is 3.04. The van der Waals surface area contributed by atoms with Crippen molar-refractivity contribution in [2.45, 2.75) is 70.4 Å². The van der Waals surface area contributed by atoms with E-state index in [1.54, 1.807) is 11.4 Å². The highest BCUT2D eigenvalue weighted by molar-refractivity contribution is 7.89. The predicted molar refractivity (Wildman–Crippen MR) is 120 cm³/mol. The summed E-state index contributed by atoms with van der Waals surface area (Å²) in [6.45, 7) is 7.52. The number of nitrogens with zero attached hydrogens (tertiary/aromatic N) is 2. The van der Waals surface area contributed by atoms with Crippen molar-refractivity contribution in [3.8, 4) is 0 Å². The molecule has 1 aromatic carbocycles.